The van der Waals surface area contributed by atoms with E-state index in [1.54, 1.807) is 39.2 Å². The number of nitrogen functional groups attached to an aromatic ring is 1. The molecule has 0 unspecified atom stereocenters. The second-order valence-electron chi connectivity index (χ2n) is 9.54. The van der Waals surface area contributed by atoms with Gasteiger partial charge in [0.25, 0.3) is 5.91 Å². The van der Waals surface area contributed by atoms with E-state index in [0.717, 1.165) is 0 Å². The number of hydrogen-bond acceptors (Lipinski definition) is 10. The Morgan fingerprint density at radius 2 is 1.68 bits per heavy atom. The number of fused-ring (bicyclic) bond motifs is 3. The lowest BCUT2D eigenvalue weighted by atomic mass is 9.58. The Morgan fingerprint density at radius 3 is 2.16 bits per heavy atom. The van der Waals surface area contributed by atoms with Crippen molar-refractivity contribution in [1.82, 2.24) is 4.90 Å². The zero-order valence-corrected chi connectivity index (χ0v) is 21.5. The van der Waals surface area contributed by atoms with Crippen molar-refractivity contribution in [2.45, 2.75) is 24.5 Å². The molecule has 0 fully saturated rings. The standard InChI is InChI=1S/C23H28N4O7.ClH.2H2O/c1-26(2)12-7-11(24)17(28)14-9(12)5-8-6-10-16(27(3)4)19(30)15(22(25)33)21(32)23(10,34)20(31)13(8)18(14)29;;;/h7-8,10,16,28,30-31,34H,5-6,24H2,1-4H3,(H2,25,33);1H;2*1H2/t8-,10-,16-,23-;;;/m0.../s1. The SMILES string of the molecule is CN(C)c1cc(N)c(O)c2c1C[C@H]1C[C@H]3[C@H](N(C)C)C(O)=C(C(N)=O)C(=O)[C@@]3(O)C(O)=C1C2=O.Cl.O.O. The second-order valence-corrected chi connectivity index (χ2v) is 9.54. The number of hydrogen-bond donors (Lipinski definition) is 6. The number of likely N-dealkylation sites (N-methyl/N-ethyl adjacent to an activating group) is 1. The van der Waals surface area contributed by atoms with Gasteiger partial charge in [-0.2, -0.15) is 0 Å². The fourth-order valence-electron chi connectivity index (χ4n) is 5.72. The highest BCUT2D eigenvalue weighted by molar-refractivity contribution is 6.25. The van der Waals surface area contributed by atoms with Crippen molar-refractivity contribution in [2.75, 3.05) is 38.8 Å². The Labute approximate surface area is 218 Å². The number of benzene rings is 1. The number of allylic oxidation sites excluding steroid dienone is 1. The molecule has 0 radical (unpaired) electrons. The van der Waals surface area contributed by atoms with E-state index in [9.17, 15) is 34.8 Å². The van der Waals surface area contributed by atoms with Crippen LogP contribution in [0.3, 0.4) is 0 Å². The zero-order valence-electron chi connectivity index (χ0n) is 20.7. The van der Waals surface area contributed by atoms with Crippen LogP contribution in [0.1, 0.15) is 22.3 Å². The molecule has 1 aromatic carbocycles. The lowest BCUT2D eigenvalue weighted by Crippen LogP contribution is -2.63. The van der Waals surface area contributed by atoms with Gasteiger partial charge in [0.2, 0.25) is 5.78 Å². The molecule has 0 bridgehead atoms. The Bertz CT molecular complexity index is 1230. The Morgan fingerprint density at radius 1 is 1.11 bits per heavy atom. The molecule has 3 aliphatic rings. The first-order valence-corrected chi connectivity index (χ1v) is 10.7. The van der Waals surface area contributed by atoms with Gasteiger partial charge in [0.1, 0.15) is 22.8 Å². The van der Waals surface area contributed by atoms with E-state index in [2.05, 4.69) is 0 Å². The van der Waals surface area contributed by atoms with Crippen LogP contribution in [0.5, 0.6) is 5.75 Å². The molecule has 12 N–H and O–H groups in total. The molecule has 1 amide bonds. The maximum Gasteiger partial charge on any atom is 0.255 e. The van der Waals surface area contributed by atoms with E-state index >= 15 is 0 Å². The van der Waals surface area contributed by atoms with Crippen LogP contribution >= 0.6 is 12.4 Å². The van der Waals surface area contributed by atoms with Crippen molar-refractivity contribution in [3.05, 3.63) is 39.9 Å². The van der Waals surface area contributed by atoms with Gasteiger partial charge in [-0.15, -0.1) is 12.4 Å². The maximum atomic E-state index is 13.6. The molecule has 0 saturated heterocycles. The van der Waals surface area contributed by atoms with Gasteiger partial charge in [0.15, 0.2) is 11.4 Å². The summed E-state index contributed by atoms with van der Waals surface area (Å²) in [5.41, 5.74) is 8.51. The topological polar surface area (TPSA) is 254 Å². The third-order valence-corrected chi connectivity index (χ3v) is 7.21. The van der Waals surface area contributed by atoms with Crippen LogP contribution in [0.15, 0.2) is 28.7 Å². The van der Waals surface area contributed by atoms with Gasteiger partial charge in [0.05, 0.1) is 17.3 Å². The molecule has 0 aliphatic heterocycles. The molecule has 3 aliphatic carbocycles. The normalized spacial score (nSPS) is 26.3. The average Bonchev–Trinajstić information content (AvgIpc) is 2.72. The summed E-state index contributed by atoms with van der Waals surface area (Å²) in [4.78, 5) is 42.1. The molecule has 0 aromatic heterocycles. The van der Waals surface area contributed by atoms with E-state index in [-0.39, 0.29) is 53.0 Å². The third kappa shape index (κ3) is 4.08. The van der Waals surface area contributed by atoms with Gasteiger partial charge < -0.3 is 47.7 Å². The first-order chi connectivity index (χ1) is 15.7. The van der Waals surface area contributed by atoms with Crippen LogP contribution in [0.2, 0.25) is 0 Å². The Kier molecular flexibility index (Phi) is 8.72. The number of halogens is 1. The highest BCUT2D eigenvalue weighted by Crippen LogP contribution is 2.53. The maximum absolute atomic E-state index is 13.6. The number of aliphatic hydroxyl groups is 3. The minimum atomic E-state index is -2.66. The van der Waals surface area contributed by atoms with Gasteiger partial charge in [-0.3, -0.25) is 19.3 Å². The van der Waals surface area contributed by atoms with E-state index in [4.69, 9.17) is 11.5 Å². The van der Waals surface area contributed by atoms with Crippen molar-refractivity contribution in [1.29, 1.82) is 0 Å². The summed E-state index contributed by atoms with van der Waals surface area (Å²) in [5.74, 6) is -6.95. The summed E-state index contributed by atoms with van der Waals surface area (Å²) in [6.45, 7) is 0. The molecule has 1 aromatic rings. The lowest BCUT2D eigenvalue weighted by Gasteiger charge is -2.50. The highest BCUT2D eigenvalue weighted by atomic mass is 35.5. The van der Waals surface area contributed by atoms with Crippen LogP contribution in [0.4, 0.5) is 11.4 Å². The number of phenols is 1. The molecular formula is C23H33ClN4O9. The number of aliphatic hydroxyl groups excluding tert-OH is 2. The minimum absolute atomic E-state index is 0. The van der Waals surface area contributed by atoms with Crippen molar-refractivity contribution in [3.8, 4) is 5.75 Å². The average molecular weight is 545 g/mol. The predicted molar refractivity (Wildman–Crippen MR) is 137 cm³/mol. The molecule has 4 atom stereocenters. The predicted octanol–water partition coefficient (Wildman–Crippen LogP) is -1.46. The Hall–Kier alpha value is -3.36. The number of anilines is 2. The lowest BCUT2D eigenvalue weighted by molar-refractivity contribution is -0.148. The number of rotatable bonds is 3. The summed E-state index contributed by atoms with van der Waals surface area (Å²) in [5, 5.41) is 44.2. The number of carbonyl (C=O) groups is 3. The van der Waals surface area contributed by atoms with Gasteiger partial charge in [-0.1, -0.05) is 0 Å². The number of ketones is 2. The minimum Gasteiger partial charge on any atom is -0.510 e. The number of nitrogens with zero attached hydrogens (tertiary/aromatic N) is 2. The number of phenolic OH excluding ortho intramolecular Hbond substituents is 1. The van der Waals surface area contributed by atoms with Crippen LogP contribution in [0, 0.1) is 11.8 Å². The van der Waals surface area contributed by atoms with Crippen LogP contribution < -0.4 is 16.4 Å². The first kappa shape index (κ1) is 31.7. The number of amides is 1. The fraction of sp³-hybridized carbons (Fsp3) is 0.435. The van der Waals surface area contributed by atoms with Gasteiger partial charge in [0, 0.05) is 31.3 Å². The molecule has 13 nitrogen and oxygen atoms in total. The monoisotopic (exact) mass is 544 g/mol. The zero-order chi connectivity index (χ0) is 25.4. The van der Waals surface area contributed by atoms with Gasteiger partial charge in [-0.05, 0) is 44.5 Å². The fourth-order valence-corrected chi connectivity index (χ4v) is 5.72. The number of carbonyl (C=O) groups excluding carboxylic acids is 3. The second kappa shape index (κ2) is 10.2. The van der Waals surface area contributed by atoms with E-state index < -0.39 is 63.8 Å². The van der Waals surface area contributed by atoms with Crippen LogP contribution in [-0.4, -0.2) is 93.6 Å². The van der Waals surface area contributed by atoms with Crippen molar-refractivity contribution < 1.29 is 45.8 Å². The molecule has 4 rings (SSSR count). The number of primary amides is 1. The Balaban J connectivity index is 0.00000228. The largest absolute Gasteiger partial charge is 0.510 e. The van der Waals surface area contributed by atoms with Crippen LogP contribution in [0.25, 0.3) is 0 Å². The van der Waals surface area contributed by atoms with E-state index in [1.165, 1.54) is 4.90 Å². The summed E-state index contributed by atoms with van der Waals surface area (Å²) in [6, 6.07) is 0.522. The number of aromatic hydroxyl groups is 1. The molecular weight excluding hydrogens is 512 g/mol. The quantitative estimate of drug-likeness (QED) is 0.146. The highest BCUT2D eigenvalue weighted by Gasteiger charge is 2.63. The summed E-state index contributed by atoms with van der Waals surface area (Å²) < 4.78 is 0. The van der Waals surface area contributed by atoms with Crippen molar-refractivity contribution in [3.63, 3.8) is 0 Å². The number of Topliss-reactive ketones (excluding diaryl/α,β-unsaturated/α-hetero) is 2. The summed E-state index contributed by atoms with van der Waals surface area (Å²) in [6.07, 6.45) is 0.236. The van der Waals surface area contributed by atoms with E-state index in [0.29, 0.717) is 11.3 Å². The van der Waals surface area contributed by atoms with E-state index in [1.807, 2.05) is 0 Å². The van der Waals surface area contributed by atoms with Gasteiger partial charge in [-0.25, -0.2) is 0 Å². The molecule has 0 spiro atoms. The first-order valence-electron chi connectivity index (χ1n) is 10.7. The smallest absolute Gasteiger partial charge is 0.255 e. The molecule has 37 heavy (non-hydrogen) atoms. The summed E-state index contributed by atoms with van der Waals surface area (Å²) in [7, 11) is 6.68. The number of nitrogens with two attached hydrogens (primary N) is 2. The van der Waals surface area contributed by atoms with Crippen molar-refractivity contribution in [2.24, 2.45) is 17.6 Å². The van der Waals surface area contributed by atoms with Crippen LogP contribution in [-0.2, 0) is 16.0 Å². The molecule has 206 valence electrons. The third-order valence-electron chi connectivity index (χ3n) is 7.21. The molecule has 0 saturated carbocycles. The molecule has 0 heterocycles. The van der Waals surface area contributed by atoms with Crippen molar-refractivity contribution >= 4 is 41.3 Å². The van der Waals surface area contributed by atoms with Gasteiger partial charge >= 0.3 is 0 Å². The summed E-state index contributed by atoms with van der Waals surface area (Å²) >= 11 is 0. The molecule has 14 heteroatoms.